The minimum absolute atomic E-state index is 0.270. The molecule has 1 aromatic rings. The molecule has 0 amide bonds. The van der Waals surface area contributed by atoms with E-state index in [1.165, 1.54) is 7.11 Å². The van der Waals surface area contributed by atoms with Gasteiger partial charge in [0.15, 0.2) is 11.5 Å². The molecular formula is C12H10N4O2. The van der Waals surface area contributed by atoms with Crippen molar-refractivity contribution in [1.82, 2.24) is 4.98 Å². The molecule has 0 saturated carbocycles. The van der Waals surface area contributed by atoms with E-state index in [2.05, 4.69) is 19.7 Å². The molecule has 0 aromatic carbocycles. The average molecular weight is 242 g/mol. The SMILES string of the molecule is COC(=O)C1=NC2=NCN(c3ccccn3)C2=C1. The number of fused-ring (bicyclic) bond motifs is 1. The van der Waals surface area contributed by atoms with E-state index in [1.54, 1.807) is 12.3 Å². The summed E-state index contributed by atoms with van der Waals surface area (Å²) in [6, 6.07) is 5.63. The number of aliphatic imine (C=N–C) groups is 2. The van der Waals surface area contributed by atoms with Crippen LogP contribution >= 0.6 is 0 Å². The summed E-state index contributed by atoms with van der Waals surface area (Å²) in [5, 5.41) is 0. The molecule has 0 unspecified atom stereocenters. The molecule has 18 heavy (non-hydrogen) atoms. The highest BCUT2D eigenvalue weighted by Crippen LogP contribution is 2.25. The van der Waals surface area contributed by atoms with Crippen LogP contribution in [0.3, 0.4) is 0 Å². The molecular weight excluding hydrogens is 232 g/mol. The Kier molecular flexibility index (Phi) is 2.40. The van der Waals surface area contributed by atoms with Crippen LogP contribution in [0.2, 0.25) is 0 Å². The van der Waals surface area contributed by atoms with E-state index in [0.29, 0.717) is 12.5 Å². The van der Waals surface area contributed by atoms with Gasteiger partial charge in [-0.1, -0.05) is 6.07 Å². The molecule has 90 valence electrons. The van der Waals surface area contributed by atoms with Gasteiger partial charge < -0.3 is 9.64 Å². The number of anilines is 1. The predicted octanol–water partition coefficient (Wildman–Crippen LogP) is 0.769. The Hall–Kier alpha value is -2.50. The van der Waals surface area contributed by atoms with Crippen LogP contribution in [0.15, 0.2) is 46.2 Å². The first-order valence-electron chi connectivity index (χ1n) is 5.41. The van der Waals surface area contributed by atoms with Crippen molar-refractivity contribution in [2.75, 3.05) is 18.7 Å². The van der Waals surface area contributed by atoms with Gasteiger partial charge in [0, 0.05) is 6.20 Å². The van der Waals surface area contributed by atoms with E-state index < -0.39 is 5.97 Å². The van der Waals surface area contributed by atoms with Crippen LogP contribution in [0.1, 0.15) is 0 Å². The van der Waals surface area contributed by atoms with Gasteiger partial charge in [0.05, 0.1) is 12.8 Å². The second kappa shape index (κ2) is 4.06. The molecule has 3 heterocycles. The predicted molar refractivity (Wildman–Crippen MR) is 66.6 cm³/mol. The Bertz CT molecular complexity index is 589. The Balaban J connectivity index is 1.92. The van der Waals surface area contributed by atoms with Crippen molar-refractivity contribution in [3.05, 3.63) is 36.2 Å². The maximum atomic E-state index is 11.4. The van der Waals surface area contributed by atoms with Crippen LogP contribution in [0.5, 0.6) is 0 Å². The number of carbonyl (C=O) groups excluding carboxylic acids is 1. The first-order valence-corrected chi connectivity index (χ1v) is 5.41. The fourth-order valence-electron chi connectivity index (χ4n) is 1.84. The van der Waals surface area contributed by atoms with Crippen molar-refractivity contribution in [3.63, 3.8) is 0 Å². The molecule has 0 N–H and O–H groups in total. The summed E-state index contributed by atoms with van der Waals surface area (Å²) < 4.78 is 4.64. The monoisotopic (exact) mass is 242 g/mol. The van der Waals surface area contributed by atoms with Crippen molar-refractivity contribution in [3.8, 4) is 0 Å². The van der Waals surface area contributed by atoms with Gasteiger partial charge in [-0.25, -0.2) is 19.8 Å². The van der Waals surface area contributed by atoms with Crippen molar-refractivity contribution in [1.29, 1.82) is 0 Å². The van der Waals surface area contributed by atoms with E-state index in [1.807, 2.05) is 23.1 Å². The van der Waals surface area contributed by atoms with Crippen molar-refractivity contribution >= 4 is 23.3 Å². The summed E-state index contributed by atoms with van der Waals surface area (Å²) in [5.74, 6) is 0.880. The minimum atomic E-state index is -0.458. The molecule has 1 aromatic heterocycles. The third-order valence-electron chi connectivity index (χ3n) is 2.70. The summed E-state index contributed by atoms with van der Waals surface area (Å²) in [4.78, 5) is 25.9. The Labute approximate surface area is 103 Å². The number of carbonyl (C=O) groups is 1. The molecule has 3 rings (SSSR count). The lowest BCUT2D eigenvalue weighted by Crippen LogP contribution is -2.20. The number of hydrogen-bond donors (Lipinski definition) is 0. The number of pyridine rings is 1. The minimum Gasteiger partial charge on any atom is -0.464 e. The molecule has 6 heteroatoms. The Morgan fingerprint density at radius 1 is 1.44 bits per heavy atom. The number of ether oxygens (including phenoxy) is 1. The summed E-state index contributed by atoms with van der Waals surface area (Å²) in [7, 11) is 1.33. The van der Waals surface area contributed by atoms with E-state index >= 15 is 0 Å². The number of amidine groups is 1. The lowest BCUT2D eigenvalue weighted by molar-refractivity contribution is -0.132. The highest BCUT2D eigenvalue weighted by Gasteiger charge is 2.30. The maximum Gasteiger partial charge on any atom is 0.356 e. The van der Waals surface area contributed by atoms with Crippen LogP contribution < -0.4 is 4.90 Å². The maximum absolute atomic E-state index is 11.4. The Morgan fingerprint density at radius 3 is 3.06 bits per heavy atom. The van der Waals surface area contributed by atoms with Crippen LogP contribution in [0.25, 0.3) is 0 Å². The number of methoxy groups -OCH3 is 1. The molecule has 0 atom stereocenters. The zero-order valence-electron chi connectivity index (χ0n) is 9.70. The lowest BCUT2D eigenvalue weighted by Gasteiger charge is -2.16. The third kappa shape index (κ3) is 1.58. The molecule has 2 aliphatic heterocycles. The van der Waals surface area contributed by atoms with E-state index in [4.69, 9.17) is 0 Å². The standard InChI is InChI=1S/C12H10N4O2/c1-18-12(17)8-6-9-11(15-8)14-7-16(9)10-4-2-3-5-13-10/h2-6H,7H2,1H3. The fourth-order valence-corrected chi connectivity index (χ4v) is 1.84. The van der Waals surface area contributed by atoms with Gasteiger partial charge in [-0.3, -0.25) is 0 Å². The second-order valence-electron chi connectivity index (χ2n) is 3.76. The van der Waals surface area contributed by atoms with Gasteiger partial charge in [0.1, 0.15) is 12.5 Å². The lowest BCUT2D eigenvalue weighted by atomic mass is 10.3. The average Bonchev–Trinajstić information content (AvgIpc) is 2.98. The van der Waals surface area contributed by atoms with E-state index in [-0.39, 0.29) is 5.71 Å². The number of nitrogens with zero attached hydrogens (tertiary/aromatic N) is 4. The summed E-state index contributed by atoms with van der Waals surface area (Å²) >= 11 is 0. The normalized spacial score (nSPS) is 16.9. The molecule has 0 aliphatic carbocycles. The first kappa shape index (κ1) is 10.6. The molecule has 0 saturated heterocycles. The van der Waals surface area contributed by atoms with Crippen molar-refractivity contribution in [2.24, 2.45) is 9.98 Å². The quantitative estimate of drug-likeness (QED) is 0.718. The van der Waals surface area contributed by atoms with Gasteiger partial charge >= 0.3 is 5.97 Å². The number of hydrogen-bond acceptors (Lipinski definition) is 6. The largest absolute Gasteiger partial charge is 0.464 e. The molecule has 0 spiro atoms. The van der Waals surface area contributed by atoms with Crippen molar-refractivity contribution < 1.29 is 9.53 Å². The summed E-state index contributed by atoms with van der Waals surface area (Å²) in [6.45, 7) is 0.468. The van der Waals surface area contributed by atoms with Gasteiger partial charge in [0.25, 0.3) is 0 Å². The summed E-state index contributed by atoms with van der Waals surface area (Å²) in [6.07, 6.45) is 3.39. The second-order valence-corrected chi connectivity index (χ2v) is 3.76. The van der Waals surface area contributed by atoms with Gasteiger partial charge in [-0.05, 0) is 18.2 Å². The van der Waals surface area contributed by atoms with Gasteiger partial charge in [-0.2, -0.15) is 0 Å². The highest BCUT2D eigenvalue weighted by atomic mass is 16.5. The zero-order chi connectivity index (χ0) is 12.5. The smallest absolute Gasteiger partial charge is 0.356 e. The van der Waals surface area contributed by atoms with Gasteiger partial charge in [-0.15, -0.1) is 0 Å². The highest BCUT2D eigenvalue weighted by molar-refractivity contribution is 6.46. The zero-order valence-corrected chi connectivity index (χ0v) is 9.70. The van der Waals surface area contributed by atoms with Crippen LogP contribution in [-0.2, 0) is 9.53 Å². The molecule has 2 aliphatic rings. The van der Waals surface area contributed by atoms with Crippen molar-refractivity contribution in [2.45, 2.75) is 0 Å². The first-order chi connectivity index (χ1) is 8.79. The Morgan fingerprint density at radius 2 is 2.33 bits per heavy atom. The topological polar surface area (TPSA) is 67.2 Å². The number of aromatic nitrogens is 1. The third-order valence-corrected chi connectivity index (χ3v) is 2.70. The van der Waals surface area contributed by atoms with Crippen LogP contribution in [-0.4, -0.2) is 36.3 Å². The van der Waals surface area contributed by atoms with E-state index in [9.17, 15) is 4.79 Å². The molecule has 0 bridgehead atoms. The number of esters is 1. The van der Waals surface area contributed by atoms with Crippen LogP contribution in [0.4, 0.5) is 5.82 Å². The molecule has 6 nitrogen and oxygen atoms in total. The summed E-state index contributed by atoms with van der Waals surface area (Å²) in [5.41, 5.74) is 1.06. The molecule has 0 fully saturated rings. The van der Waals surface area contributed by atoms with Crippen LogP contribution in [0, 0.1) is 0 Å². The number of rotatable bonds is 2. The van der Waals surface area contributed by atoms with E-state index in [0.717, 1.165) is 11.5 Å². The van der Waals surface area contributed by atoms with Gasteiger partial charge in [0.2, 0.25) is 0 Å². The fraction of sp³-hybridized carbons (Fsp3) is 0.167. The molecule has 0 radical (unpaired) electrons.